The van der Waals surface area contributed by atoms with Crippen LogP contribution in [-0.2, 0) is 4.79 Å². The molecule has 1 unspecified atom stereocenters. The highest BCUT2D eigenvalue weighted by molar-refractivity contribution is 5.76. The van der Waals surface area contributed by atoms with Crippen molar-refractivity contribution in [2.45, 2.75) is 51.0 Å². The Morgan fingerprint density at radius 3 is 3.00 bits per heavy atom. The molecule has 1 atom stereocenters. The van der Waals surface area contributed by atoms with Crippen molar-refractivity contribution < 1.29 is 4.79 Å². The molecule has 1 amide bonds. The van der Waals surface area contributed by atoms with Gasteiger partial charge in [-0.2, -0.15) is 0 Å². The standard InChI is InChI=1S/C12H22N2O/c15-12-6-2-1-3-9-14(12)10-7-11-5-4-8-13-11/h11,13H,1-10H2. The molecule has 2 heterocycles. The average Bonchev–Trinajstić information content (AvgIpc) is 2.67. The lowest BCUT2D eigenvalue weighted by Gasteiger charge is -2.22. The Hall–Kier alpha value is -0.570. The van der Waals surface area contributed by atoms with Gasteiger partial charge in [-0.25, -0.2) is 0 Å². The van der Waals surface area contributed by atoms with E-state index in [-0.39, 0.29) is 0 Å². The Labute approximate surface area is 92.2 Å². The lowest BCUT2D eigenvalue weighted by Crippen LogP contribution is -2.34. The highest BCUT2D eigenvalue weighted by Gasteiger charge is 2.19. The summed E-state index contributed by atoms with van der Waals surface area (Å²) in [6, 6.07) is 0.668. The van der Waals surface area contributed by atoms with Crippen molar-refractivity contribution in [3.05, 3.63) is 0 Å². The number of likely N-dealkylation sites (tertiary alicyclic amines) is 1. The van der Waals surface area contributed by atoms with Gasteiger partial charge in [-0.05, 0) is 38.6 Å². The minimum Gasteiger partial charge on any atom is -0.343 e. The van der Waals surface area contributed by atoms with Gasteiger partial charge in [-0.3, -0.25) is 4.79 Å². The molecule has 0 aromatic carbocycles. The lowest BCUT2D eigenvalue weighted by atomic mass is 10.1. The Kier molecular flexibility index (Phi) is 4.01. The highest BCUT2D eigenvalue weighted by atomic mass is 16.2. The van der Waals surface area contributed by atoms with Crippen LogP contribution in [0.25, 0.3) is 0 Å². The first-order valence-corrected chi connectivity index (χ1v) is 6.37. The number of hydrogen-bond donors (Lipinski definition) is 1. The molecule has 0 aromatic rings. The monoisotopic (exact) mass is 210 g/mol. The second-order valence-electron chi connectivity index (χ2n) is 4.77. The van der Waals surface area contributed by atoms with Crippen LogP contribution < -0.4 is 5.32 Å². The number of nitrogens with zero attached hydrogens (tertiary/aromatic N) is 1. The SMILES string of the molecule is O=C1CCCCCN1CCC1CCCN1. The first-order valence-electron chi connectivity index (χ1n) is 6.37. The zero-order chi connectivity index (χ0) is 10.5. The van der Waals surface area contributed by atoms with Crippen molar-refractivity contribution in [3.63, 3.8) is 0 Å². The molecule has 86 valence electrons. The third-order valence-corrected chi connectivity index (χ3v) is 3.58. The molecule has 0 spiro atoms. The molecule has 0 bridgehead atoms. The zero-order valence-corrected chi connectivity index (χ0v) is 9.50. The molecule has 3 nitrogen and oxygen atoms in total. The van der Waals surface area contributed by atoms with E-state index in [1.807, 2.05) is 0 Å². The van der Waals surface area contributed by atoms with E-state index >= 15 is 0 Å². The Morgan fingerprint density at radius 2 is 2.20 bits per heavy atom. The van der Waals surface area contributed by atoms with E-state index in [9.17, 15) is 4.79 Å². The molecule has 2 rings (SSSR count). The smallest absolute Gasteiger partial charge is 0.222 e. The largest absolute Gasteiger partial charge is 0.343 e. The van der Waals surface area contributed by atoms with Crippen LogP contribution in [-0.4, -0.2) is 36.5 Å². The fraction of sp³-hybridized carbons (Fsp3) is 0.917. The van der Waals surface area contributed by atoms with Crippen LogP contribution in [0.3, 0.4) is 0 Å². The van der Waals surface area contributed by atoms with Crippen molar-refractivity contribution >= 4 is 5.91 Å². The first kappa shape index (κ1) is 10.9. The molecule has 0 radical (unpaired) electrons. The molecule has 3 heteroatoms. The maximum Gasteiger partial charge on any atom is 0.222 e. The highest BCUT2D eigenvalue weighted by Crippen LogP contribution is 2.14. The van der Waals surface area contributed by atoms with Gasteiger partial charge >= 0.3 is 0 Å². The van der Waals surface area contributed by atoms with Crippen LogP contribution in [0.1, 0.15) is 44.9 Å². The summed E-state index contributed by atoms with van der Waals surface area (Å²) in [7, 11) is 0. The van der Waals surface area contributed by atoms with E-state index in [2.05, 4.69) is 10.2 Å². The minimum absolute atomic E-state index is 0.380. The van der Waals surface area contributed by atoms with Gasteiger partial charge in [0.15, 0.2) is 0 Å². The molecule has 0 aromatic heterocycles. The number of nitrogens with one attached hydrogen (secondary N) is 1. The fourth-order valence-corrected chi connectivity index (χ4v) is 2.59. The second-order valence-corrected chi connectivity index (χ2v) is 4.77. The predicted molar refractivity (Wildman–Crippen MR) is 60.7 cm³/mol. The van der Waals surface area contributed by atoms with Gasteiger partial charge in [0.2, 0.25) is 5.91 Å². The van der Waals surface area contributed by atoms with E-state index in [0.29, 0.717) is 11.9 Å². The number of amides is 1. The van der Waals surface area contributed by atoms with Crippen LogP contribution in [0.5, 0.6) is 0 Å². The van der Waals surface area contributed by atoms with E-state index in [1.54, 1.807) is 0 Å². The van der Waals surface area contributed by atoms with Gasteiger partial charge in [0.1, 0.15) is 0 Å². The summed E-state index contributed by atoms with van der Waals surface area (Å²) in [5.74, 6) is 0.380. The van der Waals surface area contributed by atoms with Crippen molar-refractivity contribution in [1.29, 1.82) is 0 Å². The van der Waals surface area contributed by atoms with E-state index in [0.717, 1.165) is 32.4 Å². The minimum atomic E-state index is 0.380. The molecule has 0 aliphatic carbocycles. The molecule has 1 N–H and O–H groups in total. The van der Waals surface area contributed by atoms with Crippen LogP contribution in [0.4, 0.5) is 0 Å². The summed E-state index contributed by atoms with van der Waals surface area (Å²) >= 11 is 0. The summed E-state index contributed by atoms with van der Waals surface area (Å²) in [4.78, 5) is 13.8. The van der Waals surface area contributed by atoms with Crippen molar-refractivity contribution in [3.8, 4) is 0 Å². The maximum absolute atomic E-state index is 11.7. The van der Waals surface area contributed by atoms with Crippen LogP contribution in [0.2, 0.25) is 0 Å². The van der Waals surface area contributed by atoms with E-state index < -0.39 is 0 Å². The molecule has 2 saturated heterocycles. The Morgan fingerprint density at radius 1 is 1.27 bits per heavy atom. The predicted octanol–water partition coefficient (Wildman–Crippen LogP) is 1.53. The summed E-state index contributed by atoms with van der Waals surface area (Å²) in [5.41, 5.74) is 0. The number of hydrogen-bond acceptors (Lipinski definition) is 2. The first-order chi connectivity index (χ1) is 7.36. The van der Waals surface area contributed by atoms with Crippen molar-refractivity contribution in [2.24, 2.45) is 0 Å². The quantitative estimate of drug-likeness (QED) is 0.766. The van der Waals surface area contributed by atoms with Crippen molar-refractivity contribution in [1.82, 2.24) is 10.2 Å². The van der Waals surface area contributed by atoms with Crippen LogP contribution in [0.15, 0.2) is 0 Å². The number of carbonyl (C=O) groups excluding carboxylic acids is 1. The van der Waals surface area contributed by atoms with E-state index in [1.165, 1.54) is 32.2 Å². The van der Waals surface area contributed by atoms with Gasteiger partial charge in [0.05, 0.1) is 0 Å². The summed E-state index contributed by atoms with van der Waals surface area (Å²) in [5, 5.41) is 3.49. The molecule has 2 aliphatic rings. The maximum atomic E-state index is 11.7. The van der Waals surface area contributed by atoms with Crippen LogP contribution in [0, 0.1) is 0 Å². The normalized spacial score (nSPS) is 28.1. The second kappa shape index (κ2) is 5.50. The van der Waals surface area contributed by atoms with Crippen molar-refractivity contribution in [2.75, 3.05) is 19.6 Å². The summed E-state index contributed by atoms with van der Waals surface area (Å²) < 4.78 is 0. The number of rotatable bonds is 3. The third-order valence-electron chi connectivity index (χ3n) is 3.58. The lowest BCUT2D eigenvalue weighted by molar-refractivity contribution is -0.130. The molecular formula is C12H22N2O. The van der Waals surface area contributed by atoms with Gasteiger partial charge in [0.25, 0.3) is 0 Å². The molecular weight excluding hydrogens is 188 g/mol. The molecule has 2 fully saturated rings. The molecule has 0 saturated carbocycles. The van der Waals surface area contributed by atoms with Gasteiger partial charge < -0.3 is 10.2 Å². The van der Waals surface area contributed by atoms with Gasteiger partial charge in [-0.1, -0.05) is 6.42 Å². The fourth-order valence-electron chi connectivity index (χ4n) is 2.59. The summed E-state index contributed by atoms with van der Waals surface area (Å²) in [6.45, 7) is 3.13. The number of carbonyl (C=O) groups is 1. The molecule has 15 heavy (non-hydrogen) atoms. The average molecular weight is 210 g/mol. The van der Waals surface area contributed by atoms with Crippen LogP contribution >= 0.6 is 0 Å². The topological polar surface area (TPSA) is 32.3 Å². The summed E-state index contributed by atoms with van der Waals surface area (Å²) in [6.07, 6.45) is 8.04. The Balaban J connectivity index is 1.73. The van der Waals surface area contributed by atoms with Gasteiger partial charge in [-0.15, -0.1) is 0 Å². The third kappa shape index (κ3) is 3.20. The van der Waals surface area contributed by atoms with E-state index in [4.69, 9.17) is 0 Å². The Bertz CT molecular complexity index is 212. The zero-order valence-electron chi connectivity index (χ0n) is 9.50. The molecule has 2 aliphatic heterocycles. The van der Waals surface area contributed by atoms with Gasteiger partial charge in [0, 0.05) is 25.6 Å².